The first-order chi connectivity index (χ1) is 16.3. The summed E-state index contributed by atoms with van der Waals surface area (Å²) in [7, 11) is 0. The summed E-state index contributed by atoms with van der Waals surface area (Å²) >= 11 is 1.72. The summed E-state index contributed by atoms with van der Waals surface area (Å²) in [6, 6.07) is 20.1. The van der Waals surface area contributed by atoms with Gasteiger partial charge in [0.05, 0.1) is 29.9 Å². The molecule has 2 aromatic carbocycles. The number of nitrogens with one attached hydrogen (secondary N) is 1. The topological polar surface area (TPSA) is 69.0 Å². The van der Waals surface area contributed by atoms with Gasteiger partial charge in [-0.15, -0.1) is 0 Å². The molecular weight excluding hydrogens is 432 g/mol. The first-order valence-corrected chi connectivity index (χ1v) is 12.2. The van der Waals surface area contributed by atoms with E-state index in [9.17, 15) is 4.79 Å². The molecule has 168 valence electrons. The summed E-state index contributed by atoms with van der Waals surface area (Å²) in [5.74, 6) is 0.787. The van der Waals surface area contributed by atoms with E-state index in [1.54, 1.807) is 18.0 Å². The van der Waals surface area contributed by atoms with E-state index >= 15 is 0 Å². The molecule has 0 bridgehead atoms. The molecule has 2 aromatic heterocycles. The Morgan fingerprint density at radius 2 is 1.94 bits per heavy atom. The molecule has 3 heterocycles. The second-order valence-corrected chi connectivity index (χ2v) is 9.10. The summed E-state index contributed by atoms with van der Waals surface area (Å²) < 4.78 is 7.78. The molecule has 4 aromatic rings. The normalized spacial score (nSPS) is 15.7. The zero-order valence-corrected chi connectivity index (χ0v) is 19.1. The SMILES string of the molecule is O=C(NCC1CCCO1)c1ccc(Cn2c(SCc3ccccc3)nc3ccncc32)cc1. The van der Waals surface area contributed by atoms with E-state index in [2.05, 4.69) is 39.1 Å². The lowest BCUT2D eigenvalue weighted by Crippen LogP contribution is -2.31. The van der Waals surface area contributed by atoms with Crippen LogP contribution in [-0.2, 0) is 17.0 Å². The Bertz CT molecular complexity index is 1220. The predicted molar refractivity (Wildman–Crippen MR) is 130 cm³/mol. The number of nitrogens with zero attached hydrogens (tertiary/aromatic N) is 3. The van der Waals surface area contributed by atoms with E-state index in [4.69, 9.17) is 9.72 Å². The molecule has 1 amide bonds. The van der Waals surface area contributed by atoms with E-state index in [0.717, 1.165) is 47.0 Å². The van der Waals surface area contributed by atoms with Crippen LogP contribution < -0.4 is 5.32 Å². The number of fused-ring (bicyclic) bond motifs is 1. The summed E-state index contributed by atoms with van der Waals surface area (Å²) in [4.78, 5) is 21.6. The maximum atomic E-state index is 12.5. The van der Waals surface area contributed by atoms with E-state index in [0.29, 0.717) is 18.7 Å². The second-order valence-electron chi connectivity index (χ2n) is 8.16. The van der Waals surface area contributed by atoms with Gasteiger partial charge in [-0.2, -0.15) is 0 Å². The lowest BCUT2D eigenvalue weighted by atomic mass is 10.1. The summed E-state index contributed by atoms with van der Waals surface area (Å²) in [6.07, 6.45) is 5.86. The average molecular weight is 459 g/mol. The standard InChI is InChI=1S/C26H26N4O2S/c31-25(28-15-22-7-4-14-32-22)21-10-8-19(9-11-21)17-30-24-16-27-13-12-23(24)29-26(30)33-18-20-5-2-1-3-6-20/h1-3,5-6,8-13,16,22H,4,7,14-15,17-18H2,(H,28,31). The lowest BCUT2D eigenvalue weighted by molar-refractivity contribution is 0.0858. The molecule has 1 aliphatic heterocycles. The Morgan fingerprint density at radius 1 is 1.09 bits per heavy atom. The number of hydrogen-bond acceptors (Lipinski definition) is 5. The van der Waals surface area contributed by atoms with Crippen molar-refractivity contribution < 1.29 is 9.53 Å². The highest BCUT2D eigenvalue weighted by Crippen LogP contribution is 2.27. The van der Waals surface area contributed by atoms with E-state index in [1.165, 1.54) is 5.56 Å². The van der Waals surface area contributed by atoms with Crippen LogP contribution in [0.25, 0.3) is 11.0 Å². The molecule has 7 heteroatoms. The van der Waals surface area contributed by atoms with Gasteiger partial charge >= 0.3 is 0 Å². The number of amides is 1. The maximum Gasteiger partial charge on any atom is 0.251 e. The fourth-order valence-corrected chi connectivity index (χ4v) is 4.96. The van der Waals surface area contributed by atoms with Gasteiger partial charge in [-0.1, -0.05) is 54.2 Å². The van der Waals surface area contributed by atoms with Crippen LogP contribution in [0.4, 0.5) is 0 Å². The minimum absolute atomic E-state index is 0.0616. The highest BCUT2D eigenvalue weighted by atomic mass is 32.2. The van der Waals surface area contributed by atoms with Crippen molar-refractivity contribution in [3.63, 3.8) is 0 Å². The summed E-state index contributed by atoms with van der Waals surface area (Å²) in [5, 5.41) is 3.94. The van der Waals surface area contributed by atoms with Crippen molar-refractivity contribution in [2.45, 2.75) is 36.4 Å². The van der Waals surface area contributed by atoms with E-state index in [-0.39, 0.29) is 12.0 Å². The Morgan fingerprint density at radius 3 is 2.73 bits per heavy atom. The van der Waals surface area contributed by atoms with Crippen LogP contribution in [0.5, 0.6) is 0 Å². The van der Waals surface area contributed by atoms with Crippen LogP contribution in [0.2, 0.25) is 0 Å². The second kappa shape index (κ2) is 10.2. The minimum atomic E-state index is -0.0616. The monoisotopic (exact) mass is 458 g/mol. The van der Waals surface area contributed by atoms with Crippen LogP contribution in [0, 0.1) is 0 Å². The van der Waals surface area contributed by atoms with Gasteiger partial charge in [0.1, 0.15) is 0 Å². The molecule has 1 aliphatic rings. The van der Waals surface area contributed by atoms with Crippen molar-refractivity contribution in [2.75, 3.05) is 13.2 Å². The number of thioether (sulfide) groups is 1. The van der Waals surface area contributed by atoms with E-state index < -0.39 is 0 Å². The van der Waals surface area contributed by atoms with Gasteiger partial charge in [0.15, 0.2) is 5.16 Å². The van der Waals surface area contributed by atoms with Crippen molar-refractivity contribution >= 4 is 28.7 Å². The number of imidazole rings is 1. The molecule has 1 atom stereocenters. The quantitative estimate of drug-likeness (QED) is 0.388. The van der Waals surface area contributed by atoms with Crippen molar-refractivity contribution in [1.82, 2.24) is 19.9 Å². The highest BCUT2D eigenvalue weighted by molar-refractivity contribution is 7.98. The minimum Gasteiger partial charge on any atom is -0.376 e. The van der Waals surface area contributed by atoms with E-state index in [1.807, 2.05) is 42.6 Å². The molecule has 1 N–H and O–H groups in total. The Balaban J connectivity index is 1.30. The van der Waals surface area contributed by atoms with Crippen LogP contribution in [0.1, 0.15) is 34.3 Å². The van der Waals surface area contributed by atoms with Crippen molar-refractivity contribution in [2.24, 2.45) is 0 Å². The first kappa shape index (κ1) is 21.7. The van der Waals surface area contributed by atoms with Crippen molar-refractivity contribution in [3.05, 3.63) is 89.7 Å². The highest BCUT2D eigenvalue weighted by Gasteiger charge is 2.17. The molecule has 6 nitrogen and oxygen atoms in total. The molecule has 0 spiro atoms. The van der Waals surface area contributed by atoms with Gasteiger partial charge in [-0.25, -0.2) is 4.98 Å². The van der Waals surface area contributed by atoms with Gasteiger partial charge in [-0.3, -0.25) is 9.78 Å². The molecule has 0 saturated carbocycles. The summed E-state index contributed by atoms with van der Waals surface area (Å²) in [5.41, 5.74) is 4.97. The third-order valence-electron chi connectivity index (χ3n) is 5.80. The number of aromatic nitrogens is 3. The Hall–Kier alpha value is -3.16. The number of benzene rings is 2. The summed E-state index contributed by atoms with van der Waals surface area (Å²) in [6.45, 7) is 2.02. The molecule has 5 rings (SSSR count). The van der Waals surface area contributed by atoms with Crippen LogP contribution in [0.3, 0.4) is 0 Å². The lowest BCUT2D eigenvalue weighted by Gasteiger charge is -2.12. The number of carbonyl (C=O) groups excluding carboxylic acids is 1. The Labute approximate surface area is 197 Å². The number of pyridine rings is 1. The average Bonchev–Trinajstić information content (AvgIpc) is 3.51. The zero-order chi connectivity index (χ0) is 22.5. The van der Waals surface area contributed by atoms with Gasteiger partial charge in [0.2, 0.25) is 0 Å². The van der Waals surface area contributed by atoms with Crippen molar-refractivity contribution in [3.8, 4) is 0 Å². The molecular formula is C26H26N4O2S. The number of hydrogen-bond donors (Lipinski definition) is 1. The Kier molecular flexibility index (Phi) is 6.69. The molecule has 33 heavy (non-hydrogen) atoms. The van der Waals surface area contributed by atoms with Gasteiger partial charge in [0, 0.05) is 30.7 Å². The number of carbonyl (C=O) groups is 1. The third-order valence-corrected chi connectivity index (χ3v) is 6.84. The predicted octanol–water partition coefficient (Wildman–Crippen LogP) is 4.68. The number of rotatable bonds is 8. The van der Waals surface area contributed by atoms with Gasteiger partial charge in [0.25, 0.3) is 5.91 Å². The van der Waals surface area contributed by atoms with Crippen LogP contribution in [0.15, 0.2) is 78.2 Å². The first-order valence-electron chi connectivity index (χ1n) is 11.2. The van der Waals surface area contributed by atoms with Crippen molar-refractivity contribution in [1.29, 1.82) is 0 Å². The smallest absolute Gasteiger partial charge is 0.251 e. The molecule has 0 aliphatic carbocycles. The number of ether oxygens (including phenoxy) is 1. The maximum absolute atomic E-state index is 12.5. The molecule has 1 fully saturated rings. The molecule has 1 saturated heterocycles. The van der Waals surface area contributed by atoms with Crippen LogP contribution in [-0.4, -0.2) is 39.7 Å². The van der Waals surface area contributed by atoms with Gasteiger partial charge < -0.3 is 14.6 Å². The third kappa shape index (κ3) is 5.26. The largest absolute Gasteiger partial charge is 0.376 e. The molecule has 0 radical (unpaired) electrons. The fourth-order valence-electron chi connectivity index (χ4n) is 3.99. The zero-order valence-electron chi connectivity index (χ0n) is 18.3. The fraction of sp³-hybridized carbons (Fsp3) is 0.269. The van der Waals surface area contributed by atoms with Gasteiger partial charge in [-0.05, 0) is 42.2 Å². The molecule has 1 unspecified atom stereocenters. The van der Waals surface area contributed by atoms with Crippen LogP contribution >= 0.6 is 11.8 Å².